The maximum absolute atomic E-state index is 12.6. The molecule has 0 saturated heterocycles. The van der Waals surface area contributed by atoms with Gasteiger partial charge in [0.25, 0.3) is 0 Å². The van der Waals surface area contributed by atoms with Crippen molar-refractivity contribution < 1.29 is 17.6 Å². The molecule has 1 rings (SSSR count). The van der Waals surface area contributed by atoms with Crippen molar-refractivity contribution in [3.63, 3.8) is 0 Å². The van der Waals surface area contributed by atoms with Crippen LogP contribution < -0.4 is 5.73 Å². The number of halogens is 4. The van der Waals surface area contributed by atoms with E-state index in [9.17, 15) is 17.6 Å². The van der Waals surface area contributed by atoms with Gasteiger partial charge in [-0.3, -0.25) is 0 Å². The van der Waals surface area contributed by atoms with Gasteiger partial charge in [-0.15, -0.1) is 0 Å². The van der Waals surface area contributed by atoms with Crippen LogP contribution >= 0.6 is 0 Å². The fourth-order valence-electron chi connectivity index (χ4n) is 2.12. The molecule has 0 aliphatic rings. The first-order valence-corrected chi connectivity index (χ1v) is 10.2. The molecule has 1 aromatic rings. The summed E-state index contributed by atoms with van der Waals surface area (Å²) in [6.45, 7) is 8.91. The Morgan fingerprint density at radius 2 is 1.63 bits per heavy atom. The van der Waals surface area contributed by atoms with Crippen LogP contribution in [0.4, 0.5) is 17.6 Å². The minimum absolute atomic E-state index is 0.171. The molecular weight excluding hydrogens is 392 g/mol. The molecule has 0 aliphatic carbocycles. The van der Waals surface area contributed by atoms with Crippen molar-refractivity contribution >= 4 is 5.84 Å². The summed E-state index contributed by atoms with van der Waals surface area (Å²) in [7, 11) is 0. The number of nitrogens with zero attached hydrogens (tertiary/aromatic N) is 1. The van der Waals surface area contributed by atoms with Gasteiger partial charge in [0.1, 0.15) is 5.82 Å². The number of nitrogens with two attached hydrogens (primary N) is 1. The number of allylic oxidation sites excluding steroid dienone is 5. The molecule has 0 fully saturated rings. The summed E-state index contributed by atoms with van der Waals surface area (Å²) < 4.78 is 49.8. The number of hydrogen-bond donors (Lipinski definition) is 1. The fraction of sp³-hybridized carbons (Fsp3) is 0.458. The Morgan fingerprint density at radius 3 is 2.10 bits per heavy atom. The van der Waals surface area contributed by atoms with E-state index in [1.165, 1.54) is 18.2 Å². The Bertz CT molecular complexity index is 718. The van der Waals surface area contributed by atoms with Gasteiger partial charge in [-0.2, -0.15) is 13.2 Å². The molecule has 0 heterocycles. The highest BCUT2D eigenvalue weighted by Gasteiger charge is 2.29. The molecule has 1 aromatic carbocycles. The number of hydrogen-bond acceptors (Lipinski definition) is 1. The lowest BCUT2D eigenvalue weighted by atomic mass is 10.1. The molecular formula is C24H34F4N2. The summed E-state index contributed by atoms with van der Waals surface area (Å²) >= 11 is 0. The van der Waals surface area contributed by atoms with E-state index in [-0.39, 0.29) is 5.82 Å². The Kier molecular flexibility index (Phi) is 13.4. The second-order valence-corrected chi connectivity index (χ2v) is 7.08. The van der Waals surface area contributed by atoms with Crippen LogP contribution in [-0.4, -0.2) is 12.0 Å². The zero-order chi connectivity index (χ0) is 23.2. The largest absolute Gasteiger partial charge is 0.412 e. The van der Waals surface area contributed by atoms with Gasteiger partial charge in [0, 0.05) is 12.0 Å². The van der Waals surface area contributed by atoms with Gasteiger partial charge in [0.05, 0.1) is 11.5 Å². The minimum Gasteiger partial charge on any atom is -0.387 e. The summed E-state index contributed by atoms with van der Waals surface area (Å²) in [5, 5.41) is 0. The topological polar surface area (TPSA) is 38.4 Å². The second kappa shape index (κ2) is 14.6. The quantitative estimate of drug-likeness (QED) is 0.196. The molecule has 0 amide bonds. The van der Waals surface area contributed by atoms with E-state index >= 15 is 0 Å². The number of aliphatic imine (C=N–C) groups is 1. The van der Waals surface area contributed by atoms with Gasteiger partial charge in [-0.1, -0.05) is 56.5 Å². The molecule has 0 atom stereocenters. The van der Waals surface area contributed by atoms with E-state index in [4.69, 9.17) is 5.73 Å². The zero-order valence-corrected chi connectivity index (χ0v) is 18.6. The second-order valence-electron chi connectivity index (χ2n) is 7.08. The molecule has 2 N–H and O–H groups in total. The van der Waals surface area contributed by atoms with Crippen LogP contribution in [0, 0.1) is 12.7 Å². The number of alkyl halides is 3. The van der Waals surface area contributed by atoms with E-state index in [2.05, 4.69) is 4.99 Å². The lowest BCUT2D eigenvalue weighted by molar-refractivity contribution is -0.0913. The number of amidine groups is 1. The van der Waals surface area contributed by atoms with Crippen molar-refractivity contribution in [2.75, 3.05) is 0 Å². The highest BCUT2D eigenvalue weighted by Crippen LogP contribution is 2.25. The summed E-state index contributed by atoms with van der Waals surface area (Å²) in [4.78, 5) is 4.30. The minimum atomic E-state index is -4.32. The fourth-order valence-corrected chi connectivity index (χ4v) is 2.12. The van der Waals surface area contributed by atoms with Crippen LogP contribution in [0.3, 0.4) is 0 Å². The van der Waals surface area contributed by atoms with Gasteiger partial charge < -0.3 is 5.73 Å². The van der Waals surface area contributed by atoms with Gasteiger partial charge >= 0.3 is 6.18 Å². The highest BCUT2D eigenvalue weighted by atomic mass is 19.4. The molecule has 6 heteroatoms. The summed E-state index contributed by atoms with van der Waals surface area (Å²) in [6, 6.07) is 6.40. The first-order chi connectivity index (χ1) is 14.0. The number of unbranched alkanes of at least 4 members (excludes halogenated alkanes) is 2. The zero-order valence-electron chi connectivity index (χ0n) is 18.6. The van der Waals surface area contributed by atoms with Gasteiger partial charge in [-0.05, 0) is 57.4 Å². The number of aryl methyl sites for hydroxylation is 1. The molecule has 0 unspecified atom stereocenters. The molecule has 0 aliphatic heterocycles. The Balaban J connectivity index is 0.000000867. The van der Waals surface area contributed by atoms with E-state index in [1.807, 2.05) is 33.8 Å². The van der Waals surface area contributed by atoms with Gasteiger partial charge in [0.15, 0.2) is 0 Å². The predicted octanol–water partition coefficient (Wildman–Crippen LogP) is 7.81. The lowest BCUT2D eigenvalue weighted by Gasteiger charge is -2.07. The maximum atomic E-state index is 12.6. The maximum Gasteiger partial charge on any atom is 0.412 e. The molecule has 0 aromatic heterocycles. The average molecular weight is 427 g/mol. The summed E-state index contributed by atoms with van der Waals surface area (Å²) in [6.07, 6.45) is 4.48. The van der Waals surface area contributed by atoms with E-state index < -0.39 is 11.7 Å². The van der Waals surface area contributed by atoms with Gasteiger partial charge in [-0.25, -0.2) is 9.38 Å². The third kappa shape index (κ3) is 13.0. The smallest absolute Gasteiger partial charge is 0.387 e. The molecule has 0 spiro atoms. The van der Waals surface area contributed by atoms with E-state index in [0.29, 0.717) is 18.0 Å². The van der Waals surface area contributed by atoms with Crippen LogP contribution in [0.25, 0.3) is 0 Å². The van der Waals surface area contributed by atoms with Crippen molar-refractivity contribution in [3.05, 3.63) is 70.7 Å². The van der Waals surface area contributed by atoms with Crippen molar-refractivity contribution in [2.45, 2.75) is 72.9 Å². The third-order valence-electron chi connectivity index (χ3n) is 4.14. The molecule has 0 saturated carbocycles. The standard InChI is InChI=1S/C17H27F3N2.C7H7F/c1-5-7-9-13(3)15(22-16(21)10-8-6-2)12-11-14(4)17(18,19)20;1-6-2-4-7(8)5-3-6/h9,11-12H,5-8,10H2,1-4H3,(H2,21,22);2-5H,1H3/b13-9+,14-11+,15-12+;. The van der Waals surface area contributed by atoms with Crippen molar-refractivity contribution in [1.82, 2.24) is 0 Å². The third-order valence-corrected chi connectivity index (χ3v) is 4.14. The number of benzene rings is 1. The van der Waals surface area contributed by atoms with Crippen LogP contribution in [0.15, 0.2) is 64.3 Å². The van der Waals surface area contributed by atoms with Crippen LogP contribution in [0.5, 0.6) is 0 Å². The predicted molar refractivity (Wildman–Crippen MR) is 119 cm³/mol. The van der Waals surface area contributed by atoms with Crippen LogP contribution in [0.1, 0.15) is 65.4 Å². The lowest BCUT2D eigenvalue weighted by Crippen LogP contribution is -2.12. The average Bonchev–Trinajstić information content (AvgIpc) is 2.69. The SMILES string of the molecule is CCC/C=C(C)/C(=C\C=C(/C)C(F)(F)F)N=C(N)CCCC.Cc1ccc(F)cc1. The Morgan fingerprint density at radius 1 is 1.03 bits per heavy atom. The highest BCUT2D eigenvalue weighted by molar-refractivity contribution is 5.81. The van der Waals surface area contributed by atoms with Crippen molar-refractivity contribution in [1.29, 1.82) is 0 Å². The first-order valence-electron chi connectivity index (χ1n) is 10.2. The normalized spacial score (nSPS) is 13.8. The van der Waals surface area contributed by atoms with Crippen molar-refractivity contribution in [2.24, 2.45) is 10.7 Å². The monoisotopic (exact) mass is 426 g/mol. The van der Waals surface area contributed by atoms with Gasteiger partial charge in [0.2, 0.25) is 0 Å². The molecule has 30 heavy (non-hydrogen) atoms. The van der Waals surface area contributed by atoms with E-state index in [0.717, 1.165) is 49.8 Å². The number of rotatable bonds is 8. The van der Waals surface area contributed by atoms with Crippen molar-refractivity contribution in [3.8, 4) is 0 Å². The Hall–Kier alpha value is -2.37. The van der Waals surface area contributed by atoms with Crippen LogP contribution in [-0.2, 0) is 0 Å². The summed E-state index contributed by atoms with van der Waals surface area (Å²) in [5.74, 6) is 0.283. The molecule has 168 valence electrons. The molecule has 2 nitrogen and oxygen atoms in total. The first kappa shape index (κ1) is 27.6. The molecule has 0 radical (unpaired) electrons. The Labute approximate surface area is 178 Å². The van der Waals surface area contributed by atoms with E-state index in [1.54, 1.807) is 12.1 Å². The van der Waals surface area contributed by atoms with Crippen LogP contribution in [0.2, 0.25) is 0 Å². The summed E-state index contributed by atoms with van der Waals surface area (Å²) in [5.41, 5.74) is 7.62. The molecule has 0 bridgehead atoms.